The molecule has 0 radical (unpaired) electrons. The van der Waals surface area contributed by atoms with E-state index in [0.717, 1.165) is 35.3 Å². The largest absolute Gasteiger partial charge is 0.352 e. The van der Waals surface area contributed by atoms with Crippen LogP contribution in [0.5, 0.6) is 0 Å². The second-order valence-electron chi connectivity index (χ2n) is 9.99. The summed E-state index contributed by atoms with van der Waals surface area (Å²) >= 11 is 0. The summed E-state index contributed by atoms with van der Waals surface area (Å²) < 4.78 is 1.45. The van der Waals surface area contributed by atoms with Crippen molar-refractivity contribution in [1.82, 2.24) is 19.6 Å². The molecule has 0 saturated carbocycles. The molecule has 1 spiro atoms. The lowest BCUT2D eigenvalue weighted by molar-refractivity contribution is -0.154. The molecule has 3 aliphatic rings. The van der Waals surface area contributed by atoms with Crippen molar-refractivity contribution in [2.45, 2.75) is 51.6 Å². The van der Waals surface area contributed by atoms with E-state index < -0.39 is 29.3 Å². The second-order valence-corrected chi connectivity index (χ2v) is 9.99. The minimum atomic E-state index is -1.58. The van der Waals surface area contributed by atoms with Gasteiger partial charge >= 0.3 is 6.03 Å². The number of hydrogen-bond acceptors (Lipinski definition) is 6. The van der Waals surface area contributed by atoms with Crippen LogP contribution in [0.2, 0.25) is 0 Å². The molecule has 1 N–H and O–H groups in total. The predicted octanol–water partition coefficient (Wildman–Crippen LogP) is 2.57. The molecular weight excluding hydrogens is 458 g/mol. The fourth-order valence-corrected chi connectivity index (χ4v) is 5.95. The van der Waals surface area contributed by atoms with Crippen LogP contribution < -0.4 is 15.8 Å². The number of hydrogen-bond donors (Lipinski definition) is 1. The molecular formula is C27H27N5O4. The van der Waals surface area contributed by atoms with Gasteiger partial charge in [0.1, 0.15) is 11.5 Å². The van der Waals surface area contributed by atoms with E-state index >= 15 is 0 Å². The summed E-state index contributed by atoms with van der Waals surface area (Å²) in [6, 6.07) is 11.7. The molecule has 2 atom stereocenters. The molecule has 3 aromatic rings. The van der Waals surface area contributed by atoms with Crippen LogP contribution in [-0.4, -0.2) is 44.7 Å². The van der Waals surface area contributed by atoms with Gasteiger partial charge < -0.3 is 4.90 Å². The standard InChI is InChI=1S/C27H27N5O4/c1-17-9-11-18(12-10-17)16-32-25(35)27(24(34)29-26(32)36)15-19-22(30-13-5-2-3-7-20(27)30)28-21-8-4-6-14-31(21)23(19)33/h4,6,8-12,14,20H,2-3,5,7,13,15-16H2,1H3,(H,29,34,36)/t20-,27-/m0/s1. The Hall–Kier alpha value is -4.01. The number of rotatable bonds is 2. The third-order valence-corrected chi connectivity index (χ3v) is 7.81. The lowest BCUT2D eigenvalue weighted by Gasteiger charge is -2.50. The summed E-state index contributed by atoms with van der Waals surface area (Å²) in [4.78, 5) is 62.3. The van der Waals surface area contributed by atoms with E-state index in [-0.39, 0.29) is 18.5 Å². The zero-order valence-corrected chi connectivity index (χ0v) is 20.1. The van der Waals surface area contributed by atoms with Crippen LogP contribution >= 0.6 is 0 Å². The lowest BCUT2D eigenvalue weighted by Crippen LogP contribution is -2.72. The van der Waals surface area contributed by atoms with Crippen LogP contribution in [0, 0.1) is 12.3 Å². The summed E-state index contributed by atoms with van der Waals surface area (Å²) in [6.07, 6.45) is 4.81. The van der Waals surface area contributed by atoms with Gasteiger partial charge in [-0.15, -0.1) is 0 Å². The molecule has 0 bridgehead atoms. The molecule has 6 rings (SSSR count). The van der Waals surface area contributed by atoms with Gasteiger partial charge in [-0.05, 0) is 37.5 Å². The number of nitrogens with one attached hydrogen (secondary N) is 1. The summed E-state index contributed by atoms with van der Waals surface area (Å²) in [5.74, 6) is -0.624. The number of aryl methyl sites for hydroxylation is 1. The second kappa shape index (κ2) is 8.29. The maximum atomic E-state index is 14.2. The Bertz CT molecular complexity index is 1460. The van der Waals surface area contributed by atoms with E-state index in [2.05, 4.69) is 5.32 Å². The number of barbiturate groups is 1. The fourth-order valence-electron chi connectivity index (χ4n) is 5.95. The van der Waals surface area contributed by atoms with Crippen molar-refractivity contribution < 1.29 is 14.4 Å². The topological polar surface area (TPSA) is 104 Å². The number of urea groups is 1. The van der Waals surface area contributed by atoms with Crippen LogP contribution in [0.25, 0.3) is 5.65 Å². The Morgan fingerprint density at radius 1 is 1.03 bits per heavy atom. The van der Waals surface area contributed by atoms with Gasteiger partial charge in [0.05, 0.1) is 18.2 Å². The van der Waals surface area contributed by atoms with Crippen molar-refractivity contribution in [3.05, 3.63) is 75.7 Å². The number of amides is 4. The maximum Gasteiger partial charge on any atom is 0.331 e. The number of pyridine rings is 1. The van der Waals surface area contributed by atoms with E-state index in [9.17, 15) is 19.2 Å². The molecule has 1 aromatic carbocycles. The molecule has 4 amide bonds. The molecule has 5 heterocycles. The van der Waals surface area contributed by atoms with Gasteiger partial charge in [-0.2, -0.15) is 0 Å². The van der Waals surface area contributed by atoms with Crippen molar-refractivity contribution in [2.75, 3.05) is 11.4 Å². The highest BCUT2D eigenvalue weighted by Crippen LogP contribution is 2.45. The van der Waals surface area contributed by atoms with Crippen LogP contribution in [-0.2, 0) is 22.6 Å². The molecule has 184 valence electrons. The first-order chi connectivity index (χ1) is 17.4. The van der Waals surface area contributed by atoms with E-state index in [0.29, 0.717) is 30.0 Å². The van der Waals surface area contributed by atoms with Gasteiger partial charge in [-0.3, -0.25) is 29.0 Å². The lowest BCUT2D eigenvalue weighted by atomic mass is 9.68. The van der Waals surface area contributed by atoms with Gasteiger partial charge in [-0.25, -0.2) is 9.78 Å². The Labute approximate surface area is 207 Å². The van der Waals surface area contributed by atoms with Crippen LogP contribution in [0.15, 0.2) is 53.5 Å². The SMILES string of the molecule is Cc1ccc(CN2C(=O)NC(=O)[C@@]3(Cc4c(nc5ccccn5c4=O)N4CCCCC[C@H]43)C2=O)cc1. The maximum absolute atomic E-state index is 14.2. The summed E-state index contributed by atoms with van der Waals surface area (Å²) in [5, 5.41) is 2.46. The van der Waals surface area contributed by atoms with E-state index in [1.807, 2.05) is 42.2 Å². The number of nitrogens with zero attached hydrogens (tertiary/aromatic N) is 4. The van der Waals surface area contributed by atoms with Gasteiger partial charge in [0.25, 0.3) is 5.56 Å². The van der Waals surface area contributed by atoms with Crippen molar-refractivity contribution in [3.8, 4) is 0 Å². The molecule has 36 heavy (non-hydrogen) atoms. The normalized spacial score (nSPS) is 23.9. The quantitative estimate of drug-likeness (QED) is 0.560. The zero-order chi connectivity index (χ0) is 25.0. The average Bonchev–Trinajstić information content (AvgIpc) is 3.14. The third kappa shape index (κ3) is 3.26. The number of carbonyl (C=O) groups is 3. The Morgan fingerprint density at radius 3 is 2.64 bits per heavy atom. The summed E-state index contributed by atoms with van der Waals surface area (Å²) in [7, 11) is 0. The first-order valence-corrected chi connectivity index (χ1v) is 12.4. The predicted molar refractivity (Wildman–Crippen MR) is 132 cm³/mol. The van der Waals surface area contributed by atoms with E-state index in [4.69, 9.17) is 4.98 Å². The highest BCUT2D eigenvalue weighted by molar-refractivity contribution is 6.20. The van der Waals surface area contributed by atoms with Crippen LogP contribution in [0.4, 0.5) is 10.6 Å². The summed E-state index contributed by atoms with van der Waals surface area (Å²) in [5.41, 5.74) is 0.842. The van der Waals surface area contributed by atoms with Crippen molar-refractivity contribution in [3.63, 3.8) is 0 Å². The van der Waals surface area contributed by atoms with Gasteiger partial charge in [0.15, 0.2) is 5.41 Å². The highest BCUT2D eigenvalue weighted by atomic mass is 16.2. The number of imide groups is 2. The van der Waals surface area contributed by atoms with Crippen LogP contribution in [0.3, 0.4) is 0 Å². The van der Waals surface area contributed by atoms with Crippen LogP contribution in [0.1, 0.15) is 42.4 Å². The Balaban J connectivity index is 1.51. The van der Waals surface area contributed by atoms with Crippen molar-refractivity contribution in [1.29, 1.82) is 0 Å². The first kappa shape index (κ1) is 22.5. The van der Waals surface area contributed by atoms with Crippen molar-refractivity contribution >= 4 is 29.3 Å². The zero-order valence-electron chi connectivity index (χ0n) is 20.1. The average molecular weight is 486 g/mol. The van der Waals surface area contributed by atoms with Gasteiger partial charge in [0.2, 0.25) is 11.8 Å². The minimum Gasteiger partial charge on any atom is -0.352 e. The number of aromatic nitrogens is 2. The molecule has 2 aromatic heterocycles. The van der Waals surface area contributed by atoms with Crippen molar-refractivity contribution in [2.24, 2.45) is 5.41 Å². The van der Waals surface area contributed by atoms with Gasteiger partial charge in [0, 0.05) is 19.2 Å². The third-order valence-electron chi connectivity index (χ3n) is 7.81. The molecule has 3 aliphatic heterocycles. The molecule has 2 saturated heterocycles. The first-order valence-electron chi connectivity index (χ1n) is 12.4. The highest BCUT2D eigenvalue weighted by Gasteiger charge is 2.62. The monoisotopic (exact) mass is 485 g/mol. The molecule has 9 heteroatoms. The number of benzene rings is 1. The number of carbonyl (C=O) groups excluding carboxylic acids is 3. The minimum absolute atomic E-state index is 0.0501. The Kier molecular flexibility index (Phi) is 5.17. The molecule has 0 unspecified atom stereocenters. The smallest absolute Gasteiger partial charge is 0.331 e. The molecule has 0 aliphatic carbocycles. The number of fused-ring (bicyclic) bond motifs is 5. The Morgan fingerprint density at radius 2 is 1.83 bits per heavy atom. The number of anilines is 1. The van der Waals surface area contributed by atoms with Gasteiger partial charge in [-0.1, -0.05) is 48.7 Å². The fraction of sp³-hybridized carbons (Fsp3) is 0.370. The van der Waals surface area contributed by atoms with E-state index in [1.54, 1.807) is 18.3 Å². The molecule has 9 nitrogen and oxygen atoms in total. The molecule has 2 fully saturated rings. The van der Waals surface area contributed by atoms with E-state index in [1.165, 1.54) is 4.40 Å². The summed E-state index contributed by atoms with van der Waals surface area (Å²) in [6.45, 7) is 2.60.